The van der Waals surface area contributed by atoms with Crippen LogP contribution in [-0.2, 0) is 36.3 Å². The second-order valence-electron chi connectivity index (χ2n) is 6.25. The zero-order valence-electron chi connectivity index (χ0n) is 18.9. The van der Waals surface area contributed by atoms with Crippen molar-refractivity contribution in [2.24, 2.45) is 0 Å². The van der Waals surface area contributed by atoms with Crippen LogP contribution in [-0.4, -0.2) is 39.6 Å². The van der Waals surface area contributed by atoms with Crippen LogP contribution in [0.3, 0.4) is 0 Å². The normalized spacial score (nSPS) is 12.1. The standard InChI is InChI=1S/C22H38O8P2.H2/c1-5-9-17-25-31(23,26-18-10-6-2)29-21-15-13-14-16-22-30-32(24,27-19-11-7-3)28-20-12-8-4;/h5-8,13-14H,1-4,9-12,15-22H2;1H/b14-13+;. The van der Waals surface area contributed by atoms with Gasteiger partial charge >= 0.3 is 15.6 Å². The third kappa shape index (κ3) is 17.5. The lowest BCUT2D eigenvalue weighted by Gasteiger charge is -2.17. The van der Waals surface area contributed by atoms with Crippen LogP contribution in [0.25, 0.3) is 0 Å². The first-order valence-corrected chi connectivity index (χ1v) is 13.5. The van der Waals surface area contributed by atoms with Gasteiger partial charge in [0.25, 0.3) is 0 Å². The number of phosphoric ester groups is 2. The Labute approximate surface area is 194 Å². The highest BCUT2D eigenvalue weighted by atomic mass is 31.2. The van der Waals surface area contributed by atoms with Gasteiger partial charge in [0.15, 0.2) is 0 Å². The highest BCUT2D eigenvalue weighted by Gasteiger charge is 2.26. The number of phosphoric acid groups is 2. The molecule has 0 bridgehead atoms. The molecule has 0 fully saturated rings. The van der Waals surface area contributed by atoms with Crippen molar-refractivity contribution in [2.75, 3.05) is 39.6 Å². The summed E-state index contributed by atoms with van der Waals surface area (Å²) in [5, 5.41) is 0. The number of rotatable bonds is 24. The lowest BCUT2D eigenvalue weighted by atomic mass is 10.3. The molecule has 0 aliphatic rings. The Kier molecular flexibility index (Phi) is 19.8. The van der Waals surface area contributed by atoms with E-state index < -0.39 is 15.6 Å². The monoisotopic (exact) mass is 494 g/mol. The van der Waals surface area contributed by atoms with E-state index in [0.29, 0.717) is 38.5 Å². The van der Waals surface area contributed by atoms with Crippen molar-refractivity contribution in [3.8, 4) is 0 Å². The molecule has 0 radical (unpaired) electrons. The predicted octanol–water partition coefficient (Wildman–Crippen LogP) is 7.19. The molecule has 0 aromatic carbocycles. The molecule has 0 N–H and O–H groups in total. The first kappa shape index (κ1) is 30.9. The first-order valence-electron chi connectivity index (χ1n) is 10.6. The second-order valence-corrected chi connectivity index (χ2v) is 9.59. The smallest absolute Gasteiger partial charge is 0.287 e. The van der Waals surface area contributed by atoms with Crippen LogP contribution >= 0.6 is 15.6 Å². The summed E-state index contributed by atoms with van der Waals surface area (Å²) in [4.78, 5) is 0. The van der Waals surface area contributed by atoms with E-state index in [1.807, 2.05) is 12.2 Å². The summed E-state index contributed by atoms with van der Waals surface area (Å²) in [6, 6.07) is 0. The van der Waals surface area contributed by atoms with Crippen molar-refractivity contribution >= 4 is 15.6 Å². The number of hydrogen-bond donors (Lipinski definition) is 0. The molecule has 10 heteroatoms. The summed E-state index contributed by atoms with van der Waals surface area (Å²) in [7, 11) is -7.26. The van der Waals surface area contributed by atoms with Gasteiger partial charge < -0.3 is 0 Å². The summed E-state index contributed by atoms with van der Waals surface area (Å²) in [6.07, 6.45) is 13.4. The van der Waals surface area contributed by atoms with E-state index in [1.54, 1.807) is 24.3 Å². The van der Waals surface area contributed by atoms with Crippen LogP contribution in [0.15, 0.2) is 62.8 Å². The Balaban J connectivity index is 0. The van der Waals surface area contributed by atoms with Gasteiger partial charge in [0.2, 0.25) is 0 Å². The zero-order chi connectivity index (χ0) is 24.0. The van der Waals surface area contributed by atoms with Gasteiger partial charge in [0.05, 0.1) is 39.6 Å². The molecule has 0 saturated heterocycles. The summed E-state index contributed by atoms with van der Waals surface area (Å²) < 4.78 is 56.9. The van der Waals surface area contributed by atoms with Crippen molar-refractivity contribution < 1.29 is 37.7 Å². The van der Waals surface area contributed by atoms with E-state index in [4.69, 9.17) is 27.1 Å². The topological polar surface area (TPSA) is 89.5 Å². The Bertz CT molecular complexity index is 564. The van der Waals surface area contributed by atoms with Gasteiger partial charge in [-0.15, -0.1) is 26.3 Å². The Morgan fingerprint density at radius 2 is 0.688 bits per heavy atom. The van der Waals surface area contributed by atoms with E-state index >= 15 is 0 Å². The van der Waals surface area contributed by atoms with Crippen LogP contribution < -0.4 is 0 Å². The molecule has 186 valence electrons. The zero-order valence-corrected chi connectivity index (χ0v) is 20.7. The third-order valence-corrected chi connectivity index (χ3v) is 6.51. The fourth-order valence-electron chi connectivity index (χ4n) is 1.92. The SMILES string of the molecule is C=CCCOP(=O)(OCCC=C)OCC/C=C/CCOP(=O)(OCCC=C)OCCC=C.[HH]. The van der Waals surface area contributed by atoms with E-state index in [9.17, 15) is 9.13 Å². The Morgan fingerprint density at radius 1 is 0.469 bits per heavy atom. The minimum Gasteiger partial charge on any atom is -0.287 e. The second kappa shape index (κ2) is 20.5. The molecule has 0 spiro atoms. The van der Waals surface area contributed by atoms with E-state index in [-0.39, 0.29) is 41.1 Å². The Morgan fingerprint density at radius 3 is 0.906 bits per heavy atom. The van der Waals surface area contributed by atoms with Crippen LogP contribution in [0, 0.1) is 0 Å². The minimum absolute atomic E-state index is 0. The lowest BCUT2D eigenvalue weighted by Crippen LogP contribution is -2.03. The largest absolute Gasteiger partial charge is 0.474 e. The molecule has 0 aromatic rings. The van der Waals surface area contributed by atoms with Crippen LogP contribution in [0.1, 0.15) is 40.0 Å². The molecule has 32 heavy (non-hydrogen) atoms. The summed E-state index contributed by atoms with van der Waals surface area (Å²) >= 11 is 0. The molecule has 0 aliphatic carbocycles. The van der Waals surface area contributed by atoms with Gasteiger partial charge in [-0.25, -0.2) is 9.13 Å². The van der Waals surface area contributed by atoms with Crippen LogP contribution in [0.4, 0.5) is 0 Å². The fourth-order valence-corrected chi connectivity index (χ4v) is 4.34. The molecule has 0 aliphatic heterocycles. The molecular weight excluding hydrogens is 454 g/mol. The maximum atomic E-state index is 12.6. The van der Waals surface area contributed by atoms with Gasteiger partial charge in [0.1, 0.15) is 0 Å². The third-order valence-electron chi connectivity index (χ3n) is 3.52. The van der Waals surface area contributed by atoms with Gasteiger partial charge in [0, 0.05) is 1.43 Å². The fraction of sp³-hybridized carbons (Fsp3) is 0.545. The van der Waals surface area contributed by atoms with Crippen molar-refractivity contribution in [1.82, 2.24) is 0 Å². The van der Waals surface area contributed by atoms with Crippen molar-refractivity contribution in [1.29, 1.82) is 0 Å². The maximum Gasteiger partial charge on any atom is 0.474 e. The molecule has 0 amide bonds. The van der Waals surface area contributed by atoms with Gasteiger partial charge in [-0.2, -0.15) is 0 Å². The van der Waals surface area contributed by atoms with Crippen molar-refractivity contribution in [2.45, 2.75) is 38.5 Å². The van der Waals surface area contributed by atoms with Crippen molar-refractivity contribution in [3.05, 3.63) is 62.8 Å². The quantitative estimate of drug-likeness (QED) is 0.0791. The van der Waals surface area contributed by atoms with Crippen LogP contribution in [0.5, 0.6) is 0 Å². The molecule has 0 heterocycles. The summed E-state index contributed by atoms with van der Waals surface area (Å²) in [5.74, 6) is 0. The van der Waals surface area contributed by atoms with E-state index in [2.05, 4.69) is 26.3 Å². The predicted molar refractivity (Wildman–Crippen MR) is 131 cm³/mol. The van der Waals surface area contributed by atoms with E-state index in [0.717, 1.165) is 0 Å². The molecular formula is C22H40O8P2. The number of hydrogen-bond acceptors (Lipinski definition) is 8. The maximum absolute atomic E-state index is 12.6. The summed E-state index contributed by atoms with van der Waals surface area (Å²) in [6.45, 7) is 15.5. The molecule has 0 aromatic heterocycles. The average molecular weight is 495 g/mol. The van der Waals surface area contributed by atoms with Gasteiger partial charge in [-0.05, 0) is 38.5 Å². The van der Waals surface area contributed by atoms with E-state index in [1.165, 1.54) is 0 Å². The lowest BCUT2D eigenvalue weighted by molar-refractivity contribution is 0.115. The summed E-state index contributed by atoms with van der Waals surface area (Å²) in [5.41, 5.74) is 0. The molecule has 0 saturated carbocycles. The average Bonchev–Trinajstić information content (AvgIpc) is 2.76. The van der Waals surface area contributed by atoms with Crippen molar-refractivity contribution in [3.63, 3.8) is 0 Å². The molecule has 0 rings (SSSR count). The first-order chi connectivity index (χ1) is 15.4. The van der Waals surface area contributed by atoms with Crippen LogP contribution in [0.2, 0.25) is 0 Å². The minimum atomic E-state index is -3.63. The highest BCUT2D eigenvalue weighted by Crippen LogP contribution is 2.50. The Hall–Kier alpha value is -1.08. The molecule has 0 atom stereocenters. The highest BCUT2D eigenvalue weighted by molar-refractivity contribution is 7.48. The van der Waals surface area contributed by atoms with Gasteiger partial charge in [-0.3, -0.25) is 27.1 Å². The molecule has 8 nitrogen and oxygen atoms in total. The van der Waals surface area contributed by atoms with Gasteiger partial charge in [-0.1, -0.05) is 36.5 Å². The molecule has 0 unspecified atom stereocenters.